The maximum atomic E-state index is 10.9. The predicted octanol–water partition coefficient (Wildman–Crippen LogP) is -0.656. The van der Waals surface area contributed by atoms with Gasteiger partial charge in [0.1, 0.15) is 6.04 Å². The van der Waals surface area contributed by atoms with Gasteiger partial charge in [0.05, 0.1) is 6.61 Å². The summed E-state index contributed by atoms with van der Waals surface area (Å²) in [6.45, 7) is 4.73. The lowest BCUT2D eigenvalue weighted by molar-refractivity contribution is -0.141. The molecule has 16 heavy (non-hydrogen) atoms. The van der Waals surface area contributed by atoms with E-state index in [4.69, 9.17) is 9.84 Å². The minimum absolute atomic E-state index is 0.188. The first-order valence-electron chi connectivity index (χ1n) is 5.26. The lowest BCUT2D eigenvalue weighted by Crippen LogP contribution is -2.53. The van der Waals surface area contributed by atoms with E-state index in [9.17, 15) is 9.59 Å². The molecule has 1 fully saturated rings. The minimum atomic E-state index is -1.04. The largest absolute Gasteiger partial charge is 0.480 e. The summed E-state index contributed by atoms with van der Waals surface area (Å²) < 4.78 is 5.24. The van der Waals surface area contributed by atoms with Crippen LogP contribution >= 0.6 is 0 Å². The van der Waals surface area contributed by atoms with E-state index in [-0.39, 0.29) is 18.0 Å². The Morgan fingerprint density at radius 1 is 1.56 bits per heavy atom. The van der Waals surface area contributed by atoms with Crippen molar-refractivity contribution in [3.63, 3.8) is 0 Å². The van der Waals surface area contributed by atoms with Crippen LogP contribution in [-0.2, 0) is 14.3 Å². The fraction of sp³-hybridized carbons (Fsp3) is 0.800. The van der Waals surface area contributed by atoms with E-state index in [1.165, 1.54) is 6.92 Å². The fourth-order valence-electron chi connectivity index (χ4n) is 1.60. The average molecular weight is 230 g/mol. The summed E-state index contributed by atoms with van der Waals surface area (Å²) in [6, 6.07) is -0.894. The lowest BCUT2D eigenvalue weighted by Gasteiger charge is -2.25. The van der Waals surface area contributed by atoms with Gasteiger partial charge in [0.2, 0.25) is 5.91 Å². The molecule has 1 aliphatic heterocycles. The zero-order valence-corrected chi connectivity index (χ0v) is 9.58. The van der Waals surface area contributed by atoms with Crippen LogP contribution in [0.25, 0.3) is 0 Å². The van der Waals surface area contributed by atoms with E-state index in [2.05, 4.69) is 10.6 Å². The molecule has 0 aromatic rings. The highest BCUT2D eigenvalue weighted by atomic mass is 16.5. The van der Waals surface area contributed by atoms with Crippen molar-refractivity contribution >= 4 is 11.9 Å². The quantitative estimate of drug-likeness (QED) is 0.584. The van der Waals surface area contributed by atoms with E-state index in [1.807, 2.05) is 6.92 Å². The summed E-state index contributed by atoms with van der Waals surface area (Å²) in [5.74, 6) is -1.38. The highest BCUT2D eigenvalue weighted by Gasteiger charge is 2.31. The summed E-state index contributed by atoms with van der Waals surface area (Å²) in [6.07, 6.45) is 0.847. The van der Waals surface area contributed by atoms with Gasteiger partial charge in [-0.1, -0.05) is 0 Å². The van der Waals surface area contributed by atoms with Crippen LogP contribution in [0.1, 0.15) is 20.3 Å². The average Bonchev–Trinajstić information content (AvgIpc) is 2.59. The van der Waals surface area contributed by atoms with Crippen molar-refractivity contribution < 1.29 is 19.4 Å². The van der Waals surface area contributed by atoms with Crippen molar-refractivity contribution in [1.82, 2.24) is 10.6 Å². The molecule has 1 amide bonds. The van der Waals surface area contributed by atoms with E-state index in [0.717, 1.165) is 6.42 Å². The third-order valence-electron chi connectivity index (χ3n) is 2.63. The van der Waals surface area contributed by atoms with Crippen molar-refractivity contribution in [1.29, 1.82) is 0 Å². The molecule has 1 aliphatic rings. The summed E-state index contributed by atoms with van der Waals surface area (Å²) in [4.78, 5) is 21.7. The van der Waals surface area contributed by atoms with Gasteiger partial charge in [0.25, 0.3) is 0 Å². The highest BCUT2D eigenvalue weighted by molar-refractivity contribution is 5.82. The Kier molecular flexibility index (Phi) is 4.26. The number of ether oxygens (including phenoxy) is 1. The molecule has 0 radical (unpaired) electrons. The van der Waals surface area contributed by atoms with Gasteiger partial charge < -0.3 is 20.5 Å². The number of carboxylic acids is 1. The Morgan fingerprint density at radius 2 is 2.25 bits per heavy atom. The van der Waals surface area contributed by atoms with Crippen LogP contribution < -0.4 is 10.6 Å². The van der Waals surface area contributed by atoms with E-state index in [1.54, 1.807) is 0 Å². The second-order valence-corrected chi connectivity index (χ2v) is 4.34. The number of carboxylic acid groups (broad SMARTS) is 1. The molecule has 0 bridgehead atoms. The topological polar surface area (TPSA) is 87.7 Å². The maximum absolute atomic E-state index is 10.9. The molecule has 6 heteroatoms. The molecule has 0 aliphatic carbocycles. The number of amides is 1. The van der Waals surface area contributed by atoms with Crippen LogP contribution in [-0.4, -0.2) is 48.3 Å². The SMILES string of the molecule is CC(=O)NC(CNC1(C)CCOC1)C(=O)O. The van der Waals surface area contributed by atoms with Gasteiger partial charge >= 0.3 is 5.97 Å². The van der Waals surface area contributed by atoms with Gasteiger partial charge in [0.15, 0.2) is 0 Å². The predicted molar refractivity (Wildman–Crippen MR) is 57.1 cm³/mol. The minimum Gasteiger partial charge on any atom is -0.480 e. The first-order valence-corrected chi connectivity index (χ1v) is 5.26. The lowest BCUT2D eigenvalue weighted by atomic mass is 10.0. The molecule has 1 heterocycles. The second-order valence-electron chi connectivity index (χ2n) is 4.34. The first kappa shape index (κ1) is 12.9. The number of hydrogen-bond donors (Lipinski definition) is 3. The van der Waals surface area contributed by atoms with Crippen LogP contribution in [0.2, 0.25) is 0 Å². The summed E-state index contributed by atoms with van der Waals surface area (Å²) in [7, 11) is 0. The van der Waals surface area contributed by atoms with Crippen LogP contribution in [0, 0.1) is 0 Å². The van der Waals surface area contributed by atoms with E-state index in [0.29, 0.717) is 13.2 Å². The Hall–Kier alpha value is -1.14. The number of carbonyl (C=O) groups is 2. The van der Waals surface area contributed by atoms with Crippen molar-refractivity contribution in [2.45, 2.75) is 31.8 Å². The van der Waals surface area contributed by atoms with Crippen molar-refractivity contribution in [2.75, 3.05) is 19.8 Å². The number of hydrogen-bond acceptors (Lipinski definition) is 4. The third kappa shape index (κ3) is 3.79. The molecule has 92 valence electrons. The smallest absolute Gasteiger partial charge is 0.327 e. The molecule has 0 aromatic carbocycles. The molecule has 3 N–H and O–H groups in total. The van der Waals surface area contributed by atoms with Gasteiger partial charge in [0, 0.05) is 25.6 Å². The second kappa shape index (κ2) is 5.27. The molecule has 0 aromatic heterocycles. The van der Waals surface area contributed by atoms with Crippen LogP contribution in [0.3, 0.4) is 0 Å². The maximum Gasteiger partial charge on any atom is 0.327 e. The summed E-state index contributed by atoms with van der Waals surface area (Å²) in [5, 5.41) is 14.4. The zero-order valence-electron chi connectivity index (χ0n) is 9.58. The normalized spacial score (nSPS) is 26.4. The Morgan fingerprint density at radius 3 is 2.69 bits per heavy atom. The summed E-state index contributed by atoms with van der Waals surface area (Å²) in [5.41, 5.74) is -0.188. The van der Waals surface area contributed by atoms with Crippen molar-refractivity contribution in [3.05, 3.63) is 0 Å². The van der Waals surface area contributed by atoms with Crippen LogP contribution in [0.15, 0.2) is 0 Å². The molecular weight excluding hydrogens is 212 g/mol. The number of nitrogens with one attached hydrogen (secondary N) is 2. The number of aliphatic carboxylic acids is 1. The van der Waals surface area contributed by atoms with Crippen molar-refractivity contribution in [2.24, 2.45) is 0 Å². The Bertz CT molecular complexity index is 274. The van der Waals surface area contributed by atoms with Crippen LogP contribution in [0.4, 0.5) is 0 Å². The molecule has 0 spiro atoms. The monoisotopic (exact) mass is 230 g/mol. The molecule has 2 atom stereocenters. The van der Waals surface area contributed by atoms with Gasteiger partial charge in [-0.3, -0.25) is 4.79 Å². The molecule has 1 rings (SSSR count). The third-order valence-corrected chi connectivity index (χ3v) is 2.63. The Labute approximate surface area is 94.3 Å². The molecular formula is C10H18N2O4. The molecule has 0 saturated carbocycles. The zero-order chi connectivity index (χ0) is 12.2. The highest BCUT2D eigenvalue weighted by Crippen LogP contribution is 2.16. The van der Waals surface area contributed by atoms with Gasteiger partial charge in [-0.05, 0) is 13.3 Å². The van der Waals surface area contributed by atoms with Gasteiger partial charge in [-0.2, -0.15) is 0 Å². The van der Waals surface area contributed by atoms with Gasteiger partial charge in [-0.15, -0.1) is 0 Å². The van der Waals surface area contributed by atoms with Gasteiger partial charge in [-0.25, -0.2) is 4.79 Å². The van der Waals surface area contributed by atoms with Crippen molar-refractivity contribution in [3.8, 4) is 0 Å². The summed E-state index contributed by atoms with van der Waals surface area (Å²) >= 11 is 0. The fourth-order valence-corrected chi connectivity index (χ4v) is 1.60. The Balaban J connectivity index is 2.43. The molecule has 1 saturated heterocycles. The standard InChI is InChI=1S/C10H18N2O4/c1-7(13)12-8(9(14)15)5-11-10(2)3-4-16-6-10/h8,11H,3-6H2,1-2H3,(H,12,13)(H,14,15). The van der Waals surface area contributed by atoms with E-state index >= 15 is 0 Å². The van der Waals surface area contributed by atoms with E-state index < -0.39 is 12.0 Å². The number of carbonyl (C=O) groups excluding carboxylic acids is 1. The first-order chi connectivity index (χ1) is 7.43. The molecule has 2 unspecified atom stereocenters. The number of rotatable bonds is 5. The van der Waals surface area contributed by atoms with Crippen LogP contribution in [0.5, 0.6) is 0 Å². The molecule has 6 nitrogen and oxygen atoms in total.